The van der Waals surface area contributed by atoms with Crippen LogP contribution in [-0.2, 0) is 4.79 Å². The maximum absolute atomic E-state index is 11.4. The lowest BCUT2D eigenvalue weighted by Gasteiger charge is -2.00. The van der Waals surface area contributed by atoms with E-state index in [9.17, 15) is 9.59 Å². The van der Waals surface area contributed by atoms with Crippen LogP contribution in [-0.4, -0.2) is 21.5 Å². The van der Waals surface area contributed by atoms with Crippen LogP contribution in [0.5, 0.6) is 0 Å². The molecule has 0 N–H and O–H groups in total. The van der Waals surface area contributed by atoms with E-state index in [4.69, 9.17) is 0 Å². The Labute approximate surface area is 82.4 Å². The molecule has 0 radical (unpaired) electrons. The van der Waals surface area contributed by atoms with E-state index in [1.807, 2.05) is 0 Å². The highest BCUT2D eigenvalue weighted by atomic mass is 16.1. The van der Waals surface area contributed by atoms with Crippen LogP contribution in [0.2, 0.25) is 0 Å². The van der Waals surface area contributed by atoms with Gasteiger partial charge in [-0.25, -0.2) is 9.97 Å². The van der Waals surface area contributed by atoms with E-state index in [-0.39, 0.29) is 18.0 Å². The predicted molar refractivity (Wildman–Crippen MR) is 51.1 cm³/mol. The van der Waals surface area contributed by atoms with E-state index in [0.29, 0.717) is 11.5 Å². The van der Waals surface area contributed by atoms with Gasteiger partial charge in [0.25, 0.3) is 0 Å². The first-order valence-electron chi connectivity index (χ1n) is 4.34. The van der Waals surface area contributed by atoms with Gasteiger partial charge in [-0.3, -0.25) is 9.59 Å². The first-order chi connectivity index (χ1) is 6.49. The quantitative estimate of drug-likeness (QED) is 0.534. The number of hydrogen-bond donors (Lipinski definition) is 0. The number of carbonyl (C=O) groups excluding carboxylic acids is 2. The molecule has 0 unspecified atom stereocenters. The van der Waals surface area contributed by atoms with E-state index in [2.05, 4.69) is 9.97 Å². The van der Waals surface area contributed by atoms with Crippen molar-refractivity contribution in [1.82, 2.24) is 9.97 Å². The lowest BCUT2D eigenvalue weighted by molar-refractivity contribution is -0.116. The van der Waals surface area contributed by atoms with Crippen molar-refractivity contribution in [3.05, 3.63) is 23.3 Å². The summed E-state index contributed by atoms with van der Waals surface area (Å²) in [6.07, 6.45) is -0.0874. The highest BCUT2D eigenvalue weighted by Crippen LogP contribution is 2.03. The molecule has 4 heteroatoms. The molecular weight excluding hydrogens is 180 g/mol. The molecule has 0 atom stereocenters. The second kappa shape index (κ2) is 4.09. The molecule has 1 aromatic rings. The molecule has 0 amide bonds. The molecule has 0 aliphatic carbocycles. The van der Waals surface area contributed by atoms with E-state index in [1.54, 1.807) is 19.9 Å². The van der Waals surface area contributed by atoms with Crippen LogP contribution in [0.3, 0.4) is 0 Å². The summed E-state index contributed by atoms with van der Waals surface area (Å²) in [6, 6.07) is 1.60. The van der Waals surface area contributed by atoms with Gasteiger partial charge in [0.2, 0.25) is 0 Å². The Kier molecular flexibility index (Phi) is 3.06. The van der Waals surface area contributed by atoms with Crippen molar-refractivity contribution in [2.75, 3.05) is 0 Å². The van der Waals surface area contributed by atoms with Crippen molar-refractivity contribution in [3.8, 4) is 0 Å². The number of ketones is 2. The summed E-state index contributed by atoms with van der Waals surface area (Å²) < 4.78 is 0. The SMILES string of the molecule is CC(=O)CC(=O)c1cc(C)nc(C)n1. The molecule has 1 aromatic heterocycles. The number of rotatable bonds is 3. The second-order valence-electron chi connectivity index (χ2n) is 3.24. The normalized spacial score (nSPS) is 9.93. The summed E-state index contributed by atoms with van der Waals surface area (Å²) in [5.74, 6) is 0.159. The number of nitrogens with zero attached hydrogens (tertiary/aromatic N) is 2. The molecular formula is C10H12N2O2. The molecule has 1 rings (SSSR count). The van der Waals surface area contributed by atoms with Gasteiger partial charge in [-0.1, -0.05) is 0 Å². The van der Waals surface area contributed by atoms with Crippen LogP contribution in [0.1, 0.15) is 35.4 Å². The Morgan fingerprint density at radius 3 is 2.43 bits per heavy atom. The number of aryl methyl sites for hydroxylation is 2. The van der Waals surface area contributed by atoms with E-state index < -0.39 is 0 Å². The van der Waals surface area contributed by atoms with Crippen molar-refractivity contribution in [2.24, 2.45) is 0 Å². The van der Waals surface area contributed by atoms with Gasteiger partial charge in [-0.2, -0.15) is 0 Å². The van der Waals surface area contributed by atoms with Crippen LogP contribution < -0.4 is 0 Å². The van der Waals surface area contributed by atoms with Gasteiger partial charge >= 0.3 is 0 Å². The zero-order valence-electron chi connectivity index (χ0n) is 8.50. The number of carbonyl (C=O) groups is 2. The molecule has 14 heavy (non-hydrogen) atoms. The molecule has 1 heterocycles. The summed E-state index contributed by atoms with van der Waals surface area (Å²) in [7, 11) is 0. The molecule has 0 saturated heterocycles. The number of hydrogen-bond acceptors (Lipinski definition) is 4. The molecule has 4 nitrogen and oxygen atoms in total. The van der Waals surface area contributed by atoms with Crippen LogP contribution in [0.25, 0.3) is 0 Å². The third kappa shape index (κ3) is 2.73. The fourth-order valence-corrected chi connectivity index (χ4v) is 1.18. The summed E-state index contributed by atoms with van der Waals surface area (Å²) in [5, 5.41) is 0. The lowest BCUT2D eigenvalue weighted by Crippen LogP contribution is -2.09. The first kappa shape index (κ1) is 10.5. The Bertz CT molecular complexity index is 365. The zero-order valence-corrected chi connectivity index (χ0v) is 8.50. The average Bonchev–Trinajstić information content (AvgIpc) is 2.00. The molecule has 0 spiro atoms. The van der Waals surface area contributed by atoms with Crippen LogP contribution in [0.15, 0.2) is 6.07 Å². The minimum absolute atomic E-state index is 0.0874. The van der Waals surface area contributed by atoms with Gasteiger partial charge < -0.3 is 0 Å². The maximum atomic E-state index is 11.4. The van der Waals surface area contributed by atoms with Crippen LogP contribution >= 0.6 is 0 Å². The predicted octanol–water partition coefficient (Wildman–Crippen LogP) is 1.26. The maximum Gasteiger partial charge on any atom is 0.188 e. The van der Waals surface area contributed by atoms with E-state index >= 15 is 0 Å². The minimum atomic E-state index is -0.244. The molecule has 0 aliphatic rings. The van der Waals surface area contributed by atoms with Gasteiger partial charge in [0, 0.05) is 5.69 Å². The molecule has 0 aromatic carbocycles. The molecule has 0 fully saturated rings. The topological polar surface area (TPSA) is 59.9 Å². The second-order valence-corrected chi connectivity index (χ2v) is 3.24. The molecule has 0 bridgehead atoms. The Morgan fingerprint density at radius 2 is 1.93 bits per heavy atom. The number of aromatic nitrogens is 2. The number of Topliss-reactive ketones (excluding diaryl/α,β-unsaturated/α-hetero) is 2. The fraction of sp³-hybridized carbons (Fsp3) is 0.400. The third-order valence-electron chi connectivity index (χ3n) is 1.66. The van der Waals surface area contributed by atoms with Crippen molar-refractivity contribution < 1.29 is 9.59 Å². The van der Waals surface area contributed by atoms with E-state index in [1.165, 1.54) is 6.92 Å². The fourth-order valence-electron chi connectivity index (χ4n) is 1.18. The summed E-state index contributed by atoms with van der Waals surface area (Å²) in [5.41, 5.74) is 1.06. The monoisotopic (exact) mass is 192 g/mol. The molecule has 74 valence electrons. The zero-order chi connectivity index (χ0) is 10.7. The van der Waals surface area contributed by atoms with Gasteiger partial charge in [-0.15, -0.1) is 0 Å². The van der Waals surface area contributed by atoms with Crippen LogP contribution in [0.4, 0.5) is 0 Å². The van der Waals surface area contributed by atoms with Gasteiger partial charge in [0.1, 0.15) is 17.3 Å². The van der Waals surface area contributed by atoms with E-state index in [0.717, 1.165) is 5.69 Å². The largest absolute Gasteiger partial charge is 0.300 e. The summed E-state index contributed by atoms with van der Waals surface area (Å²) >= 11 is 0. The third-order valence-corrected chi connectivity index (χ3v) is 1.66. The van der Waals surface area contributed by atoms with Crippen molar-refractivity contribution in [3.63, 3.8) is 0 Å². The van der Waals surface area contributed by atoms with Crippen molar-refractivity contribution >= 4 is 11.6 Å². The standard InChI is InChI=1S/C10H12N2O2/c1-6-4-9(12-8(3)11-6)10(14)5-7(2)13/h4H,5H2,1-3H3. The van der Waals surface area contributed by atoms with Gasteiger partial charge in [-0.05, 0) is 26.8 Å². The molecule has 0 aliphatic heterocycles. The summed E-state index contributed by atoms with van der Waals surface area (Å²) in [6.45, 7) is 4.90. The molecule has 0 saturated carbocycles. The lowest BCUT2D eigenvalue weighted by atomic mass is 10.1. The highest BCUT2D eigenvalue weighted by molar-refractivity contribution is 6.06. The first-order valence-corrected chi connectivity index (χ1v) is 4.34. The van der Waals surface area contributed by atoms with Gasteiger partial charge in [0.05, 0.1) is 6.42 Å². The Morgan fingerprint density at radius 1 is 1.29 bits per heavy atom. The Balaban J connectivity index is 2.95. The van der Waals surface area contributed by atoms with Crippen molar-refractivity contribution in [2.45, 2.75) is 27.2 Å². The minimum Gasteiger partial charge on any atom is -0.300 e. The summed E-state index contributed by atoms with van der Waals surface area (Å²) in [4.78, 5) is 30.2. The van der Waals surface area contributed by atoms with Crippen LogP contribution in [0, 0.1) is 13.8 Å². The average molecular weight is 192 g/mol. The Hall–Kier alpha value is -1.58. The van der Waals surface area contributed by atoms with Crippen molar-refractivity contribution in [1.29, 1.82) is 0 Å². The highest BCUT2D eigenvalue weighted by Gasteiger charge is 2.11. The van der Waals surface area contributed by atoms with Gasteiger partial charge in [0.15, 0.2) is 5.78 Å². The smallest absolute Gasteiger partial charge is 0.188 e.